The van der Waals surface area contributed by atoms with Crippen molar-refractivity contribution in [2.75, 3.05) is 13.6 Å². The topological polar surface area (TPSA) is 34.5 Å². The van der Waals surface area contributed by atoms with Crippen LogP contribution in [0, 0.1) is 12.8 Å². The normalized spacial score (nSPS) is 15.4. The molecule has 1 fully saturated rings. The van der Waals surface area contributed by atoms with Gasteiger partial charge in [-0.1, -0.05) is 32.3 Å². The minimum atomic E-state index is -4.40. The molecule has 198 valence electrons. The second-order valence-electron chi connectivity index (χ2n) is 10.0. The number of benzene rings is 2. The Morgan fingerprint density at radius 2 is 1.78 bits per heavy atom. The van der Waals surface area contributed by atoms with E-state index in [4.69, 9.17) is 4.74 Å². The molecule has 1 aromatic heterocycles. The fraction of sp³-hybridized carbons (Fsp3) is 0.433. The number of halogens is 3. The van der Waals surface area contributed by atoms with Gasteiger partial charge in [-0.05, 0) is 74.2 Å². The van der Waals surface area contributed by atoms with E-state index in [1.807, 2.05) is 38.4 Å². The number of hydrogen-bond donors (Lipinski definition) is 0. The lowest BCUT2D eigenvalue weighted by Crippen LogP contribution is -2.27. The number of alkyl halides is 3. The molecule has 0 saturated heterocycles. The zero-order chi connectivity index (χ0) is 26.6. The number of carbonyl (C=O) groups excluding carboxylic acids is 1. The van der Waals surface area contributed by atoms with E-state index in [1.165, 1.54) is 18.6 Å². The Hall–Kier alpha value is -3.22. The number of aromatic nitrogens is 1. The van der Waals surface area contributed by atoms with Crippen LogP contribution in [-0.4, -0.2) is 29.0 Å². The van der Waals surface area contributed by atoms with Crippen molar-refractivity contribution in [3.63, 3.8) is 0 Å². The highest BCUT2D eigenvalue weighted by Gasteiger charge is 2.32. The Morgan fingerprint density at radius 1 is 1.08 bits per heavy atom. The first-order valence-electron chi connectivity index (χ1n) is 13.1. The van der Waals surface area contributed by atoms with Gasteiger partial charge >= 0.3 is 6.18 Å². The Bertz CT molecular complexity index is 1190. The van der Waals surface area contributed by atoms with Crippen LogP contribution in [0.15, 0.2) is 60.9 Å². The fourth-order valence-corrected chi connectivity index (χ4v) is 5.19. The highest BCUT2D eigenvalue weighted by molar-refractivity contribution is 5.94. The number of rotatable bonds is 8. The first-order valence-corrected chi connectivity index (χ1v) is 13.1. The van der Waals surface area contributed by atoms with Crippen LogP contribution < -0.4 is 4.74 Å². The summed E-state index contributed by atoms with van der Waals surface area (Å²) in [4.78, 5) is 14.3. The van der Waals surface area contributed by atoms with Crippen molar-refractivity contribution in [1.29, 1.82) is 0 Å². The summed E-state index contributed by atoms with van der Waals surface area (Å²) in [6.45, 7) is 4.71. The molecule has 1 heterocycles. The summed E-state index contributed by atoms with van der Waals surface area (Å²) >= 11 is 0. The third kappa shape index (κ3) is 6.38. The minimum Gasteiger partial charge on any atom is -0.485 e. The molecule has 0 aliphatic heterocycles. The molecule has 3 aromatic rings. The lowest BCUT2D eigenvalue weighted by atomic mass is 9.82. The Kier molecular flexibility index (Phi) is 8.30. The lowest BCUT2D eigenvalue weighted by molar-refractivity contribution is -0.137. The van der Waals surface area contributed by atoms with Gasteiger partial charge in [0.05, 0.1) is 5.56 Å². The molecule has 0 spiro atoms. The van der Waals surface area contributed by atoms with Crippen LogP contribution in [0.1, 0.15) is 78.6 Å². The number of amides is 1. The van der Waals surface area contributed by atoms with Gasteiger partial charge in [0.25, 0.3) is 5.91 Å². The summed E-state index contributed by atoms with van der Waals surface area (Å²) in [5.41, 5.74) is 2.36. The first-order chi connectivity index (χ1) is 17.7. The molecular weight excluding hydrogens is 477 g/mol. The summed E-state index contributed by atoms with van der Waals surface area (Å²) in [6.07, 6.45) is 5.60. The fourth-order valence-electron chi connectivity index (χ4n) is 5.19. The molecule has 1 atom stereocenters. The standard InChI is InChI=1S/C30H35F3N2O2/c1-4-17-34(3)29(36)23-13-15-26(16-14-23)37-28(22-9-6-5-7-10-22)27-20-35(19-21(27)2)25-12-8-11-24(18-25)30(31,32)33/h8,11-16,18-20,22,28H,4-7,9-10,17H2,1-3H3. The van der Waals surface area contributed by atoms with Crippen LogP contribution in [0.3, 0.4) is 0 Å². The molecular formula is C30H35F3N2O2. The van der Waals surface area contributed by atoms with Crippen LogP contribution in [0.5, 0.6) is 5.75 Å². The number of hydrogen-bond acceptors (Lipinski definition) is 2. The number of carbonyl (C=O) groups is 1. The maximum absolute atomic E-state index is 13.3. The second kappa shape index (κ2) is 11.4. The van der Waals surface area contributed by atoms with E-state index in [2.05, 4.69) is 0 Å². The minimum absolute atomic E-state index is 0.0220. The van der Waals surface area contributed by atoms with Crippen molar-refractivity contribution < 1.29 is 22.7 Å². The highest BCUT2D eigenvalue weighted by Crippen LogP contribution is 2.40. The molecule has 1 aliphatic carbocycles. The van der Waals surface area contributed by atoms with E-state index < -0.39 is 11.7 Å². The smallest absolute Gasteiger partial charge is 0.416 e. The number of ether oxygens (including phenoxy) is 1. The zero-order valence-electron chi connectivity index (χ0n) is 21.7. The maximum atomic E-state index is 13.3. The molecule has 0 radical (unpaired) electrons. The SMILES string of the molecule is CCCN(C)C(=O)c1ccc(OC(c2cn(-c3cccc(C(F)(F)F)c3)cc2C)C2CCCCC2)cc1. The van der Waals surface area contributed by atoms with Crippen LogP contribution in [0.25, 0.3) is 5.69 Å². The molecule has 0 N–H and O–H groups in total. The summed E-state index contributed by atoms with van der Waals surface area (Å²) < 4.78 is 48.2. The van der Waals surface area contributed by atoms with E-state index in [9.17, 15) is 18.0 Å². The lowest BCUT2D eigenvalue weighted by Gasteiger charge is -2.31. The second-order valence-corrected chi connectivity index (χ2v) is 10.0. The van der Waals surface area contributed by atoms with Gasteiger partial charge in [-0.3, -0.25) is 4.79 Å². The Balaban J connectivity index is 1.62. The van der Waals surface area contributed by atoms with Gasteiger partial charge in [0, 0.05) is 48.7 Å². The van der Waals surface area contributed by atoms with Crippen molar-refractivity contribution in [1.82, 2.24) is 9.47 Å². The molecule has 4 nitrogen and oxygen atoms in total. The van der Waals surface area contributed by atoms with Crippen LogP contribution >= 0.6 is 0 Å². The van der Waals surface area contributed by atoms with E-state index in [0.717, 1.165) is 49.3 Å². The summed E-state index contributed by atoms with van der Waals surface area (Å²) in [7, 11) is 1.80. The third-order valence-corrected chi connectivity index (χ3v) is 7.19. The Morgan fingerprint density at radius 3 is 2.43 bits per heavy atom. The molecule has 7 heteroatoms. The van der Waals surface area contributed by atoms with Crippen molar-refractivity contribution in [2.24, 2.45) is 5.92 Å². The predicted octanol–water partition coefficient (Wildman–Crippen LogP) is 7.99. The summed E-state index contributed by atoms with van der Waals surface area (Å²) in [5.74, 6) is 0.963. The molecule has 4 rings (SSSR count). The van der Waals surface area contributed by atoms with Crippen molar-refractivity contribution in [3.8, 4) is 11.4 Å². The number of aryl methyl sites for hydroxylation is 1. The Labute approximate surface area is 217 Å². The van der Waals surface area contributed by atoms with Crippen molar-refractivity contribution >= 4 is 5.91 Å². The zero-order valence-corrected chi connectivity index (χ0v) is 21.7. The third-order valence-electron chi connectivity index (χ3n) is 7.19. The average molecular weight is 513 g/mol. The molecule has 0 bridgehead atoms. The predicted molar refractivity (Wildman–Crippen MR) is 139 cm³/mol. The maximum Gasteiger partial charge on any atom is 0.416 e. The van der Waals surface area contributed by atoms with E-state index >= 15 is 0 Å². The van der Waals surface area contributed by atoms with Gasteiger partial charge in [0.1, 0.15) is 11.9 Å². The number of nitrogens with zero attached hydrogens (tertiary/aromatic N) is 2. The van der Waals surface area contributed by atoms with Crippen LogP contribution in [0.2, 0.25) is 0 Å². The highest BCUT2D eigenvalue weighted by atomic mass is 19.4. The molecule has 1 amide bonds. The summed E-state index contributed by atoms with van der Waals surface area (Å²) in [6, 6.07) is 12.6. The average Bonchev–Trinajstić information content (AvgIpc) is 3.28. The largest absolute Gasteiger partial charge is 0.485 e. The molecule has 1 aliphatic rings. The van der Waals surface area contributed by atoms with Crippen LogP contribution in [-0.2, 0) is 6.18 Å². The quantitative estimate of drug-likeness (QED) is 0.307. The summed E-state index contributed by atoms with van der Waals surface area (Å²) in [5, 5.41) is 0. The first kappa shape index (κ1) is 26.8. The van der Waals surface area contributed by atoms with Crippen molar-refractivity contribution in [3.05, 3.63) is 83.2 Å². The van der Waals surface area contributed by atoms with E-state index in [-0.39, 0.29) is 12.0 Å². The van der Waals surface area contributed by atoms with Gasteiger partial charge in [-0.25, -0.2) is 0 Å². The van der Waals surface area contributed by atoms with E-state index in [0.29, 0.717) is 29.5 Å². The van der Waals surface area contributed by atoms with Gasteiger partial charge < -0.3 is 14.2 Å². The molecule has 37 heavy (non-hydrogen) atoms. The van der Waals surface area contributed by atoms with Crippen molar-refractivity contribution in [2.45, 2.75) is 64.7 Å². The molecule has 2 aromatic carbocycles. The van der Waals surface area contributed by atoms with Gasteiger partial charge in [0.15, 0.2) is 0 Å². The van der Waals surface area contributed by atoms with Crippen LogP contribution in [0.4, 0.5) is 13.2 Å². The van der Waals surface area contributed by atoms with Gasteiger partial charge in [-0.15, -0.1) is 0 Å². The van der Waals surface area contributed by atoms with Gasteiger partial charge in [-0.2, -0.15) is 13.2 Å². The molecule has 1 unspecified atom stereocenters. The molecule has 1 saturated carbocycles. The van der Waals surface area contributed by atoms with Gasteiger partial charge in [0.2, 0.25) is 0 Å². The monoisotopic (exact) mass is 512 g/mol. The van der Waals surface area contributed by atoms with E-state index in [1.54, 1.807) is 34.7 Å².